The van der Waals surface area contributed by atoms with Gasteiger partial charge in [-0.05, 0) is 58.5 Å². The summed E-state index contributed by atoms with van der Waals surface area (Å²) >= 11 is 9.36. The predicted molar refractivity (Wildman–Crippen MR) is 132 cm³/mol. The Morgan fingerprint density at radius 2 is 2.03 bits per heavy atom. The van der Waals surface area contributed by atoms with Crippen molar-refractivity contribution >= 4 is 50.7 Å². The second-order valence-electron chi connectivity index (χ2n) is 9.21. The van der Waals surface area contributed by atoms with Gasteiger partial charge in [-0.2, -0.15) is 0 Å². The first-order valence-electron chi connectivity index (χ1n) is 10.6. The molecular formula is C24H22BrClN4O4. The molecule has 2 N–H and O–H groups in total. The van der Waals surface area contributed by atoms with Crippen molar-refractivity contribution in [2.75, 3.05) is 5.32 Å². The first kappa shape index (κ1) is 24.1. The van der Waals surface area contributed by atoms with E-state index >= 15 is 0 Å². The smallest absolute Gasteiger partial charge is 0.288 e. The maximum Gasteiger partial charge on any atom is 0.288 e. The molecule has 8 nitrogen and oxygen atoms in total. The topological polar surface area (TPSA) is 114 Å². The number of hydrogen-bond donors (Lipinski definition) is 2. The number of nitro benzene ring substituents is 1. The first-order chi connectivity index (χ1) is 16.0. The molecular weight excluding hydrogens is 524 g/mol. The molecule has 1 aromatic heterocycles. The zero-order valence-electron chi connectivity index (χ0n) is 18.7. The molecule has 4 rings (SSSR count). The lowest BCUT2D eigenvalue weighted by molar-refractivity contribution is -0.384. The summed E-state index contributed by atoms with van der Waals surface area (Å²) < 4.78 is 0.761. The van der Waals surface area contributed by atoms with Crippen LogP contribution in [0.3, 0.4) is 0 Å². The fourth-order valence-electron chi connectivity index (χ4n) is 4.55. The second kappa shape index (κ2) is 8.96. The van der Waals surface area contributed by atoms with E-state index in [2.05, 4.69) is 31.5 Å². The Hall–Kier alpha value is -3.04. The molecule has 1 amide bonds. The maximum atomic E-state index is 13.5. The number of dihydropyridines is 1. The van der Waals surface area contributed by atoms with Crippen LogP contribution in [0.1, 0.15) is 45.1 Å². The molecule has 0 saturated carbocycles. The van der Waals surface area contributed by atoms with Crippen LogP contribution < -0.4 is 10.6 Å². The fraction of sp³-hybridized carbons (Fsp3) is 0.292. The number of nitro groups is 1. The van der Waals surface area contributed by atoms with Crippen LogP contribution in [0.5, 0.6) is 0 Å². The van der Waals surface area contributed by atoms with Gasteiger partial charge in [0.1, 0.15) is 10.8 Å². The van der Waals surface area contributed by atoms with Crippen molar-refractivity contribution in [1.82, 2.24) is 10.3 Å². The van der Waals surface area contributed by atoms with Gasteiger partial charge in [0.15, 0.2) is 5.78 Å². The number of allylic oxidation sites excluding steroid dienone is 3. The van der Waals surface area contributed by atoms with E-state index in [4.69, 9.17) is 11.6 Å². The number of rotatable bonds is 4. The van der Waals surface area contributed by atoms with Gasteiger partial charge >= 0.3 is 0 Å². The van der Waals surface area contributed by atoms with Crippen LogP contribution in [0.2, 0.25) is 5.02 Å². The van der Waals surface area contributed by atoms with E-state index in [9.17, 15) is 19.7 Å². The lowest BCUT2D eigenvalue weighted by Crippen LogP contribution is -2.39. The third kappa shape index (κ3) is 4.63. The number of halogens is 2. The predicted octanol–water partition coefficient (Wildman–Crippen LogP) is 5.65. The third-order valence-corrected chi connectivity index (χ3v) is 6.74. The van der Waals surface area contributed by atoms with Gasteiger partial charge in [-0.25, -0.2) is 4.98 Å². The average Bonchev–Trinajstić information content (AvgIpc) is 2.73. The highest BCUT2D eigenvalue weighted by Crippen LogP contribution is 2.47. The molecule has 0 saturated heterocycles. The summed E-state index contributed by atoms with van der Waals surface area (Å²) in [6.07, 6.45) is 2.48. The Morgan fingerprint density at radius 1 is 1.29 bits per heavy atom. The Bertz CT molecular complexity index is 1280. The summed E-state index contributed by atoms with van der Waals surface area (Å²) in [7, 11) is 0. The van der Waals surface area contributed by atoms with Crippen LogP contribution in [-0.2, 0) is 9.59 Å². The Labute approximate surface area is 209 Å². The van der Waals surface area contributed by atoms with E-state index in [1.807, 2.05) is 13.8 Å². The van der Waals surface area contributed by atoms with Crippen molar-refractivity contribution in [3.8, 4) is 0 Å². The zero-order chi connectivity index (χ0) is 24.8. The molecule has 0 unspecified atom stereocenters. The Kier molecular flexibility index (Phi) is 6.35. The highest BCUT2D eigenvalue weighted by molar-refractivity contribution is 9.10. The zero-order valence-corrected chi connectivity index (χ0v) is 21.1. The SMILES string of the molecule is CC1=C(C(=O)Nc2ccc(Br)cn2)[C@H](c2ccc(Cl)c([N+](=O)[O-])c2)C2=C(CC(C)(C)CC2=O)N1. The lowest BCUT2D eigenvalue weighted by Gasteiger charge is -2.39. The standard InChI is InChI=1S/C24H22BrClN4O4/c1-12-20(23(32)29-19-7-5-14(25)11-27-19)21(13-4-6-15(26)17(8-13)30(33)34)22-16(28-12)9-24(2,3)10-18(22)31/h4-8,11,21,28H,9-10H2,1-3H3,(H,27,29,32)/t21-/m0/s1. The van der Waals surface area contributed by atoms with Crippen molar-refractivity contribution in [3.63, 3.8) is 0 Å². The monoisotopic (exact) mass is 544 g/mol. The summed E-state index contributed by atoms with van der Waals surface area (Å²) in [4.78, 5) is 42.0. The van der Waals surface area contributed by atoms with Gasteiger partial charge in [0.2, 0.25) is 0 Å². The highest BCUT2D eigenvalue weighted by atomic mass is 79.9. The molecule has 0 fully saturated rings. The number of carbonyl (C=O) groups is 2. The minimum atomic E-state index is -0.786. The van der Waals surface area contributed by atoms with Crippen molar-refractivity contribution in [2.24, 2.45) is 5.41 Å². The average molecular weight is 546 g/mol. The largest absolute Gasteiger partial charge is 0.362 e. The van der Waals surface area contributed by atoms with Crippen LogP contribution in [0, 0.1) is 15.5 Å². The van der Waals surface area contributed by atoms with Gasteiger partial charge in [-0.1, -0.05) is 31.5 Å². The molecule has 10 heteroatoms. The van der Waals surface area contributed by atoms with E-state index in [1.54, 1.807) is 31.3 Å². The Morgan fingerprint density at radius 3 is 2.68 bits per heavy atom. The lowest BCUT2D eigenvalue weighted by atomic mass is 9.68. The molecule has 1 aromatic carbocycles. The van der Waals surface area contributed by atoms with Gasteiger partial charge < -0.3 is 10.6 Å². The molecule has 2 heterocycles. The number of aromatic nitrogens is 1. The van der Waals surface area contributed by atoms with E-state index in [1.165, 1.54) is 12.1 Å². The molecule has 0 radical (unpaired) electrons. The van der Waals surface area contributed by atoms with Gasteiger partial charge in [0, 0.05) is 51.6 Å². The minimum absolute atomic E-state index is 0.0150. The number of benzene rings is 1. The molecule has 0 spiro atoms. The molecule has 2 aromatic rings. The van der Waals surface area contributed by atoms with E-state index in [0.717, 1.165) is 10.2 Å². The van der Waals surface area contributed by atoms with E-state index in [0.29, 0.717) is 41.1 Å². The van der Waals surface area contributed by atoms with Crippen molar-refractivity contribution in [3.05, 3.63) is 84.2 Å². The first-order valence-corrected chi connectivity index (χ1v) is 11.7. The van der Waals surface area contributed by atoms with Crippen LogP contribution >= 0.6 is 27.5 Å². The number of nitrogens with one attached hydrogen (secondary N) is 2. The fourth-order valence-corrected chi connectivity index (χ4v) is 4.97. The summed E-state index contributed by atoms with van der Waals surface area (Å²) in [6, 6.07) is 7.79. The molecule has 1 aliphatic carbocycles. The summed E-state index contributed by atoms with van der Waals surface area (Å²) in [5, 5.41) is 17.6. The van der Waals surface area contributed by atoms with Crippen LogP contribution in [0.15, 0.2) is 63.5 Å². The van der Waals surface area contributed by atoms with Crippen LogP contribution in [0.4, 0.5) is 11.5 Å². The van der Waals surface area contributed by atoms with Gasteiger partial charge in [0.05, 0.1) is 4.92 Å². The number of Topliss-reactive ketones (excluding diaryl/α,β-unsaturated/α-hetero) is 1. The quantitative estimate of drug-likeness (QED) is 0.379. The molecule has 2 aliphatic rings. The molecule has 0 bridgehead atoms. The number of ketones is 1. The van der Waals surface area contributed by atoms with Crippen LogP contribution in [-0.4, -0.2) is 21.6 Å². The number of nitrogens with zero attached hydrogens (tertiary/aromatic N) is 2. The van der Waals surface area contributed by atoms with E-state index < -0.39 is 16.7 Å². The van der Waals surface area contributed by atoms with Crippen molar-refractivity contribution < 1.29 is 14.5 Å². The second-order valence-corrected chi connectivity index (χ2v) is 10.5. The number of hydrogen-bond acceptors (Lipinski definition) is 6. The summed E-state index contributed by atoms with van der Waals surface area (Å²) in [6.45, 7) is 5.79. The normalized spacial score (nSPS) is 19.4. The summed E-state index contributed by atoms with van der Waals surface area (Å²) in [5.74, 6) is -0.996. The number of pyridine rings is 1. The molecule has 1 aliphatic heterocycles. The van der Waals surface area contributed by atoms with E-state index in [-0.39, 0.29) is 21.9 Å². The van der Waals surface area contributed by atoms with Crippen molar-refractivity contribution in [1.29, 1.82) is 0 Å². The van der Waals surface area contributed by atoms with Gasteiger partial charge in [-0.15, -0.1) is 0 Å². The highest BCUT2D eigenvalue weighted by Gasteiger charge is 2.43. The van der Waals surface area contributed by atoms with Crippen molar-refractivity contribution in [2.45, 2.75) is 39.5 Å². The maximum absolute atomic E-state index is 13.5. The molecule has 1 atom stereocenters. The number of anilines is 1. The third-order valence-electron chi connectivity index (χ3n) is 5.95. The Balaban J connectivity index is 1.85. The molecule has 176 valence electrons. The molecule has 34 heavy (non-hydrogen) atoms. The van der Waals surface area contributed by atoms with Crippen LogP contribution in [0.25, 0.3) is 0 Å². The number of carbonyl (C=O) groups excluding carboxylic acids is 2. The number of amides is 1. The summed E-state index contributed by atoms with van der Waals surface area (Å²) in [5.41, 5.74) is 1.98. The van der Waals surface area contributed by atoms with Gasteiger partial charge in [-0.3, -0.25) is 19.7 Å². The van der Waals surface area contributed by atoms with Gasteiger partial charge in [0.25, 0.3) is 11.6 Å². The minimum Gasteiger partial charge on any atom is -0.362 e.